The predicted molar refractivity (Wildman–Crippen MR) is 84.5 cm³/mol. The van der Waals surface area contributed by atoms with E-state index >= 15 is 0 Å². The zero-order valence-corrected chi connectivity index (χ0v) is 13.5. The van der Waals surface area contributed by atoms with Gasteiger partial charge in [0, 0.05) is 11.0 Å². The number of amides is 1. The van der Waals surface area contributed by atoms with Crippen LogP contribution in [-0.2, 0) is 4.79 Å². The Morgan fingerprint density at radius 3 is 2.85 bits per heavy atom. The largest absolute Gasteiger partial charge is 0.373 e. The van der Waals surface area contributed by atoms with Crippen molar-refractivity contribution in [3.8, 4) is 6.07 Å². The van der Waals surface area contributed by atoms with Crippen molar-refractivity contribution in [2.75, 3.05) is 11.9 Å². The standard InChI is InChI=1S/C15H20BrN3O/c1-3-4-5-8-18-15(20)11(2)19-14-9-13(16)7-6-12(14)10-17/h6-7,9,11,19H,3-5,8H2,1-2H3,(H,18,20). The number of rotatable bonds is 7. The molecule has 0 saturated carbocycles. The van der Waals surface area contributed by atoms with E-state index in [-0.39, 0.29) is 11.9 Å². The van der Waals surface area contributed by atoms with Crippen molar-refractivity contribution in [1.29, 1.82) is 5.26 Å². The monoisotopic (exact) mass is 337 g/mol. The number of anilines is 1. The van der Waals surface area contributed by atoms with Crippen molar-refractivity contribution in [3.63, 3.8) is 0 Å². The maximum atomic E-state index is 11.9. The van der Waals surface area contributed by atoms with Gasteiger partial charge in [0.05, 0.1) is 11.3 Å². The van der Waals surface area contributed by atoms with Crippen molar-refractivity contribution < 1.29 is 4.79 Å². The minimum atomic E-state index is -0.377. The third-order valence-corrected chi connectivity index (χ3v) is 3.44. The number of nitrogens with one attached hydrogen (secondary N) is 2. The predicted octanol–water partition coefficient (Wildman–Crippen LogP) is 3.43. The lowest BCUT2D eigenvalue weighted by Gasteiger charge is -2.16. The van der Waals surface area contributed by atoms with Crippen LogP contribution >= 0.6 is 15.9 Å². The van der Waals surface area contributed by atoms with Crippen LogP contribution in [0.25, 0.3) is 0 Å². The van der Waals surface area contributed by atoms with Gasteiger partial charge >= 0.3 is 0 Å². The van der Waals surface area contributed by atoms with E-state index in [1.165, 1.54) is 0 Å². The number of hydrogen-bond donors (Lipinski definition) is 2. The molecular formula is C15H20BrN3O. The maximum Gasteiger partial charge on any atom is 0.242 e. The van der Waals surface area contributed by atoms with Gasteiger partial charge in [0.1, 0.15) is 12.1 Å². The minimum absolute atomic E-state index is 0.0510. The lowest BCUT2D eigenvalue weighted by Crippen LogP contribution is -2.38. The SMILES string of the molecule is CCCCCNC(=O)C(C)Nc1cc(Br)ccc1C#N. The van der Waals surface area contributed by atoms with Gasteiger partial charge in [0.25, 0.3) is 0 Å². The summed E-state index contributed by atoms with van der Waals surface area (Å²) in [6.45, 7) is 4.61. The Hall–Kier alpha value is -1.54. The molecule has 0 aliphatic carbocycles. The molecule has 1 rings (SSSR count). The zero-order valence-electron chi connectivity index (χ0n) is 11.9. The Bertz CT molecular complexity index is 496. The molecule has 108 valence electrons. The summed E-state index contributed by atoms with van der Waals surface area (Å²) in [6.07, 6.45) is 3.24. The number of carbonyl (C=O) groups excluding carboxylic acids is 1. The summed E-state index contributed by atoms with van der Waals surface area (Å²) in [5, 5.41) is 15.0. The topological polar surface area (TPSA) is 64.9 Å². The summed E-state index contributed by atoms with van der Waals surface area (Å²) >= 11 is 3.36. The highest BCUT2D eigenvalue weighted by Crippen LogP contribution is 2.21. The Morgan fingerprint density at radius 1 is 1.45 bits per heavy atom. The smallest absolute Gasteiger partial charge is 0.242 e. The normalized spacial score (nSPS) is 11.5. The molecule has 0 aromatic heterocycles. The van der Waals surface area contributed by atoms with Crippen molar-refractivity contribution in [2.45, 2.75) is 39.2 Å². The molecule has 1 atom stereocenters. The first kappa shape index (κ1) is 16.5. The molecule has 2 N–H and O–H groups in total. The molecule has 1 amide bonds. The summed E-state index contributed by atoms with van der Waals surface area (Å²) in [4.78, 5) is 11.9. The Labute approximate surface area is 128 Å². The summed E-state index contributed by atoms with van der Waals surface area (Å²) in [7, 11) is 0. The van der Waals surface area contributed by atoms with Crippen molar-refractivity contribution >= 4 is 27.5 Å². The van der Waals surface area contributed by atoms with Crippen LogP contribution in [-0.4, -0.2) is 18.5 Å². The van der Waals surface area contributed by atoms with Gasteiger partial charge in [-0.3, -0.25) is 4.79 Å². The fraction of sp³-hybridized carbons (Fsp3) is 0.467. The summed E-state index contributed by atoms with van der Waals surface area (Å²) in [5.41, 5.74) is 1.19. The molecule has 5 heteroatoms. The molecule has 0 bridgehead atoms. The quantitative estimate of drug-likeness (QED) is 0.749. The van der Waals surface area contributed by atoms with Crippen molar-refractivity contribution in [1.82, 2.24) is 5.32 Å². The van der Waals surface area contributed by atoms with E-state index in [9.17, 15) is 4.79 Å². The molecule has 20 heavy (non-hydrogen) atoms. The van der Waals surface area contributed by atoms with E-state index in [0.29, 0.717) is 17.8 Å². The molecule has 1 aromatic carbocycles. The first-order chi connectivity index (χ1) is 9.58. The van der Waals surface area contributed by atoms with Crippen LogP contribution in [0.4, 0.5) is 5.69 Å². The average molecular weight is 338 g/mol. The molecule has 0 aliphatic heterocycles. The van der Waals surface area contributed by atoms with Gasteiger partial charge in [-0.15, -0.1) is 0 Å². The van der Waals surface area contributed by atoms with Crippen LogP contribution in [0.5, 0.6) is 0 Å². The van der Waals surface area contributed by atoms with Crippen molar-refractivity contribution in [2.24, 2.45) is 0 Å². The van der Waals surface area contributed by atoms with Gasteiger partial charge in [0.15, 0.2) is 0 Å². The van der Waals surface area contributed by atoms with Crippen molar-refractivity contribution in [3.05, 3.63) is 28.2 Å². The van der Waals surface area contributed by atoms with Crippen LogP contribution in [0.15, 0.2) is 22.7 Å². The number of halogens is 1. The summed E-state index contributed by atoms with van der Waals surface area (Å²) in [5.74, 6) is -0.0510. The highest BCUT2D eigenvalue weighted by molar-refractivity contribution is 9.10. The summed E-state index contributed by atoms with van der Waals surface area (Å²) in [6, 6.07) is 7.07. The lowest BCUT2D eigenvalue weighted by atomic mass is 10.1. The molecule has 0 radical (unpaired) electrons. The molecule has 1 aromatic rings. The first-order valence-electron chi connectivity index (χ1n) is 6.82. The van der Waals surface area contributed by atoms with Gasteiger partial charge in [-0.05, 0) is 31.5 Å². The zero-order chi connectivity index (χ0) is 15.0. The molecule has 0 saturated heterocycles. The Balaban J connectivity index is 2.57. The number of benzene rings is 1. The second kappa shape index (κ2) is 8.60. The van der Waals surface area contributed by atoms with E-state index in [1.54, 1.807) is 25.1 Å². The van der Waals surface area contributed by atoms with Gasteiger partial charge in [-0.1, -0.05) is 35.7 Å². The maximum absolute atomic E-state index is 11.9. The van der Waals surface area contributed by atoms with E-state index < -0.39 is 0 Å². The van der Waals surface area contributed by atoms with Gasteiger partial charge in [0.2, 0.25) is 5.91 Å². The van der Waals surface area contributed by atoms with E-state index in [2.05, 4.69) is 39.6 Å². The highest BCUT2D eigenvalue weighted by Gasteiger charge is 2.13. The molecule has 1 unspecified atom stereocenters. The fourth-order valence-electron chi connectivity index (χ4n) is 1.77. The van der Waals surface area contributed by atoms with E-state index in [4.69, 9.17) is 5.26 Å². The Kier molecular flexibility index (Phi) is 7.10. The lowest BCUT2D eigenvalue weighted by molar-refractivity contribution is -0.121. The molecule has 0 aliphatic rings. The van der Waals surface area contributed by atoms with Crippen LogP contribution in [0.2, 0.25) is 0 Å². The number of carbonyl (C=O) groups is 1. The number of unbranched alkanes of at least 4 members (excludes halogenated alkanes) is 2. The fourth-order valence-corrected chi connectivity index (χ4v) is 2.13. The van der Waals surface area contributed by atoms with Crippen LogP contribution in [0, 0.1) is 11.3 Å². The van der Waals surface area contributed by atoms with Gasteiger partial charge in [-0.25, -0.2) is 0 Å². The highest BCUT2D eigenvalue weighted by atomic mass is 79.9. The third kappa shape index (κ3) is 5.22. The molecular weight excluding hydrogens is 318 g/mol. The molecule has 0 spiro atoms. The van der Waals surface area contributed by atoms with Crippen LogP contribution < -0.4 is 10.6 Å². The molecule has 0 fully saturated rings. The number of nitriles is 1. The first-order valence-corrected chi connectivity index (χ1v) is 7.61. The minimum Gasteiger partial charge on any atom is -0.373 e. The number of hydrogen-bond acceptors (Lipinski definition) is 3. The number of nitrogens with zero attached hydrogens (tertiary/aromatic N) is 1. The van der Waals surface area contributed by atoms with E-state index in [1.807, 2.05) is 0 Å². The molecule has 4 nitrogen and oxygen atoms in total. The van der Waals surface area contributed by atoms with Gasteiger partial charge in [-0.2, -0.15) is 5.26 Å². The van der Waals surface area contributed by atoms with E-state index in [0.717, 1.165) is 23.7 Å². The van der Waals surface area contributed by atoms with Crippen LogP contribution in [0.1, 0.15) is 38.7 Å². The third-order valence-electron chi connectivity index (χ3n) is 2.95. The second-order valence-electron chi connectivity index (χ2n) is 4.67. The van der Waals surface area contributed by atoms with Crippen LogP contribution in [0.3, 0.4) is 0 Å². The molecule has 0 heterocycles. The van der Waals surface area contributed by atoms with Gasteiger partial charge < -0.3 is 10.6 Å². The second-order valence-corrected chi connectivity index (χ2v) is 5.58. The average Bonchev–Trinajstić information content (AvgIpc) is 2.43. The summed E-state index contributed by atoms with van der Waals surface area (Å²) < 4.78 is 0.870. The Morgan fingerprint density at radius 2 is 2.20 bits per heavy atom.